The number of amides is 2. The molecule has 1 heterocycles. The van der Waals surface area contributed by atoms with Gasteiger partial charge in [-0.3, -0.25) is 14.6 Å². The normalized spacial score (nSPS) is 13.1. The van der Waals surface area contributed by atoms with Crippen LogP contribution < -0.4 is 19.5 Å². The molecule has 2 amide bonds. The number of aryl methyl sites for hydroxylation is 1. The first kappa shape index (κ1) is 37.1. The number of ether oxygens (including phenoxy) is 2. The SMILES string of the molecule is Cc1cccc(OCCCC(=O)N2CCCc3c(-c4cccc(COC(=O)NC(Cc5ccc(OP(=O)(O)O)cc5)C(=O)O)c4)cccc32)c1C. The van der Waals surface area contributed by atoms with Gasteiger partial charge >= 0.3 is 19.9 Å². The van der Waals surface area contributed by atoms with Crippen LogP contribution in [0.1, 0.15) is 47.1 Å². The van der Waals surface area contributed by atoms with E-state index in [0.717, 1.165) is 52.1 Å². The highest BCUT2D eigenvalue weighted by Gasteiger charge is 2.25. The molecular formula is C38H41N2O10P. The van der Waals surface area contributed by atoms with E-state index in [9.17, 15) is 24.1 Å². The minimum atomic E-state index is -4.73. The monoisotopic (exact) mass is 716 g/mol. The van der Waals surface area contributed by atoms with Crippen LogP contribution in [0.25, 0.3) is 11.1 Å². The molecule has 13 heteroatoms. The number of hydrogen-bond acceptors (Lipinski definition) is 7. The molecule has 0 bridgehead atoms. The lowest BCUT2D eigenvalue weighted by atomic mass is 9.91. The molecule has 4 aromatic carbocycles. The summed E-state index contributed by atoms with van der Waals surface area (Å²) in [5, 5.41) is 12.0. The molecule has 0 aromatic heterocycles. The molecular weight excluding hydrogens is 675 g/mol. The van der Waals surface area contributed by atoms with Gasteiger partial charge in [0.05, 0.1) is 6.61 Å². The fraction of sp³-hybridized carbons (Fsp3) is 0.289. The number of hydrogen-bond donors (Lipinski definition) is 4. The lowest BCUT2D eigenvalue weighted by molar-refractivity contribution is -0.139. The fourth-order valence-electron chi connectivity index (χ4n) is 6.00. The van der Waals surface area contributed by atoms with Crippen molar-refractivity contribution in [3.63, 3.8) is 0 Å². The van der Waals surface area contributed by atoms with E-state index in [2.05, 4.69) is 9.84 Å². The van der Waals surface area contributed by atoms with E-state index in [1.165, 1.54) is 24.3 Å². The van der Waals surface area contributed by atoms with Crippen LogP contribution in [0.5, 0.6) is 11.5 Å². The first-order valence-electron chi connectivity index (χ1n) is 16.6. The molecule has 268 valence electrons. The highest BCUT2D eigenvalue weighted by molar-refractivity contribution is 7.46. The van der Waals surface area contributed by atoms with Crippen molar-refractivity contribution in [1.29, 1.82) is 0 Å². The molecule has 1 atom stereocenters. The van der Waals surface area contributed by atoms with E-state index >= 15 is 0 Å². The third-order valence-corrected chi connectivity index (χ3v) is 9.13. The van der Waals surface area contributed by atoms with Gasteiger partial charge in [-0.1, -0.05) is 54.6 Å². The average Bonchev–Trinajstić information content (AvgIpc) is 3.10. The molecule has 0 aliphatic carbocycles. The summed E-state index contributed by atoms with van der Waals surface area (Å²) in [7, 11) is -4.73. The summed E-state index contributed by atoms with van der Waals surface area (Å²) in [6.07, 6.45) is 1.59. The second kappa shape index (κ2) is 16.7. The zero-order valence-corrected chi connectivity index (χ0v) is 29.3. The van der Waals surface area contributed by atoms with Gasteiger partial charge in [0.15, 0.2) is 0 Å². The van der Waals surface area contributed by atoms with Crippen LogP contribution in [-0.2, 0) is 38.3 Å². The highest BCUT2D eigenvalue weighted by Crippen LogP contribution is 2.38. The average molecular weight is 717 g/mol. The Balaban J connectivity index is 1.18. The minimum absolute atomic E-state index is 0.0522. The third-order valence-electron chi connectivity index (χ3n) is 8.68. The van der Waals surface area contributed by atoms with E-state index < -0.39 is 25.9 Å². The molecule has 12 nitrogen and oxygen atoms in total. The van der Waals surface area contributed by atoms with Crippen LogP contribution in [0.15, 0.2) is 84.9 Å². The van der Waals surface area contributed by atoms with Gasteiger partial charge in [0.25, 0.3) is 0 Å². The summed E-state index contributed by atoms with van der Waals surface area (Å²) >= 11 is 0. The van der Waals surface area contributed by atoms with Crippen molar-refractivity contribution in [2.45, 2.75) is 58.6 Å². The zero-order valence-electron chi connectivity index (χ0n) is 28.4. The van der Waals surface area contributed by atoms with Crippen LogP contribution in [0.3, 0.4) is 0 Å². The molecule has 51 heavy (non-hydrogen) atoms. The molecule has 1 aliphatic heterocycles. The molecule has 0 saturated heterocycles. The maximum absolute atomic E-state index is 13.4. The Hall–Kier alpha value is -5.16. The predicted octanol–water partition coefficient (Wildman–Crippen LogP) is 6.50. The Bertz CT molecular complexity index is 1920. The van der Waals surface area contributed by atoms with E-state index in [1.807, 2.05) is 73.3 Å². The number of carboxylic acids is 1. The van der Waals surface area contributed by atoms with Gasteiger partial charge in [0, 0.05) is 25.1 Å². The molecule has 0 radical (unpaired) electrons. The number of alkyl carbamates (subject to hydrolysis) is 1. The van der Waals surface area contributed by atoms with E-state index in [1.54, 1.807) is 6.07 Å². The number of fused-ring (bicyclic) bond motifs is 1. The summed E-state index contributed by atoms with van der Waals surface area (Å²) in [6, 6.07) is 23.6. The van der Waals surface area contributed by atoms with E-state index in [0.29, 0.717) is 37.1 Å². The minimum Gasteiger partial charge on any atom is -0.493 e. The van der Waals surface area contributed by atoms with Crippen molar-refractivity contribution in [2.24, 2.45) is 0 Å². The number of rotatable bonds is 14. The van der Waals surface area contributed by atoms with E-state index in [-0.39, 0.29) is 24.7 Å². The van der Waals surface area contributed by atoms with Crippen LogP contribution in [0.4, 0.5) is 10.5 Å². The molecule has 5 rings (SSSR count). The predicted molar refractivity (Wildman–Crippen MR) is 191 cm³/mol. The summed E-state index contributed by atoms with van der Waals surface area (Å²) < 4.78 is 26.9. The molecule has 0 fully saturated rings. The number of aliphatic carboxylic acids is 1. The smallest absolute Gasteiger partial charge is 0.493 e. The summed E-state index contributed by atoms with van der Waals surface area (Å²) in [4.78, 5) is 57.6. The molecule has 0 saturated carbocycles. The summed E-state index contributed by atoms with van der Waals surface area (Å²) in [5.74, 6) is -0.471. The number of anilines is 1. The number of benzene rings is 4. The van der Waals surface area contributed by atoms with Gasteiger partial charge in [0.1, 0.15) is 24.1 Å². The van der Waals surface area contributed by atoms with Crippen molar-refractivity contribution >= 4 is 31.5 Å². The van der Waals surface area contributed by atoms with Gasteiger partial charge in [-0.15, -0.1) is 0 Å². The number of carboxylic acid groups (broad SMARTS) is 1. The topological polar surface area (TPSA) is 172 Å². The van der Waals surface area contributed by atoms with E-state index in [4.69, 9.17) is 19.3 Å². The van der Waals surface area contributed by atoms with Gasteiger partial charge < -0.3 is 29.3 Å². The van der Waals surface area contributed by atoms with Gasteiger partial charge in [0.2, 0.25) is 5.91 Å². The van der Waals surface area contributed by atoms with Crippen molar-refractivity contribution in [2.75, 3.05) is 18.1 Å². The molecule has 1 aliphatic rings. The second-order valence-electron chi connectivity index (χ2n) is 12.3. The highest BCUT2D eigenvalue weighted by atomic mass is 31.2. The van der Waals surface area contributed by atoms with Crippen LogP contribution in [0.2, 0.25) is 0 Å². The fourth-order valence-corrected chi connectivity index (χ4v) is 6.39. The largest absolute Gasteiger partial charge is 0.524 e. The maximum atomic E-state index is 13.4. The Morgan fingerprint density at radius 1 is 0.941 bits per heavy atom. The Morgan fingerprint density at radius 2 is 1.69 bits per heavy atom. The van der Waals surface area contributed by atoms with Crippen molar-refractivity contribution in [3.05, 3.63) is 113 Å². The Kier molecular flexibility index (Phi) is 12.1. The third kappa shape index (κ3) is 10.2. The molecule has 1 unspecified atom stereocenters. The zero-order chi connectivity index (χ0) is 36.5. The summed E-state index contributed by atoms with van der Waals surface area (Å²) in [6.45, 7) is 5.06. The van der Waals surface area contributed by atoms with Crippen molar-refractivity contribution < 1.29 is 47.8 Å². The van der Waals surface area contributed by atoms with Crippen molar-refractivity contribution in [3.8, 4) is 22.6 Å². The number of nitrogens with one attached hydrogen (secondary N) is 1. The number of phosphoric acid groups is 1. The Morgan fingerprint density at radius 3 is 2.43 bits per heavy atom. The van der Waals surface area contributed by atoms with Crippen molar-refractivity contribution in [1.82, 2.24) is 5.32 Å². The van der Waals surface area contributed by atoms with Gasteiger partial charge in [-0.25, -0.2) is 14.2 Å². The number of carbonyl (C=O) groups excluding carboxylic acids is 2. The number of nitrogens with zero attached hydrogens (tertiary/aromatic N) is 1. The second-order valence-corrected chi connectivity index (χ2v) is 13.5. The van der Waals surface area contributed by atoms with Gasteiger partial charge in [-0.2, -0.15) is 0 Å². The molecule has 4 aromatic rings. The van der Waals surface area contributed by atoms with Crippen LogP contribution >= 0.6 is 7.82 Å². The number of phosphoric ester groups is 1. The maximum Gasteiger partial charge on any atom is 0.524 e. The standard InChI is InChI=1S/C38H41N2O10P/c1-25-8-3-14-35(26(25)2)48-21-7-15-36(41)40-20-6-12-32-31(11-5-13-34(32)40)29-10-4-9-28(22-29)24-49-38(44)39-33(37(42)43)23-27-16-18-30(19-17-27)50-51(45,46)47/h3-5,8-11,13-14,16-19,22,33H,6-7,12,15,20-21,23-24H2,1-2H3,(H,39,44)(H,42,43)(H2,45,46,47). The first-order valence-corrected chi connectivity index (χ1v) is 18.1. The lowest BCUT2D eigenvalue weighted by Gasteiger charge is -2.31. The van der Waals surface area contributed by atoms with Crippen LogP contribution in [-0.4, -0.2) is 52.1 Å². The lowest BCUT2D eigenvalue weighted by Crippen LogP contribution is -2.42. The number of carbonyl (C=O) groups is 3. The van der Waals surface area contributed by atoms with Gasteiger partial charge in [-0.05, 0) is 102 Å². The molecule has 4 N–H and O–H groups in total. The first-order chi connectivity index (χ1) is 24.4. The van der Waals surface area contributed by atoms with Crippen LogP contribution in [0, 0.1) is 13.8 Å². The summed E-state index contributed by atoms with van der Waals surface area (Å²) in [5.41, 5.74) is 7.30. The molecule has 0 spiro atoms. The Labute approximate surface area is 296 Å². The quantitative estimate of drug-likeness (QED) is 0.0834.